The molecule has 1 aliphatic carbocycles. The van der Waals surface area contributed by atoms with Crippen molar-refractivity contribution < 1.29 is 14.3 Å². The Hall–Kier alpha value is -4.25. The predicted octanol–water partition coefficient (Wildman–Crippen LogP) is 5.81. The molecular weight excluding hydrogens is 424 g/mol. The largest absolute Gasteiger partial charge is 0.422 e. The number of carbonyl (C=O) groups excluding carboxylic acids is 2. The standard InChI is InChI=1S/C29H24N2O3/c32-28(22-14-6-2-7-15-22)31-25-19-11-10-18-24(25)30-27(31)20-26(21-12-4-1-5-13-21)34-29(33)23-16-8-3-9-17-23/h1-9,12-17,20H,10-11,18-19H2/b26-20+. The first-order valence-corrected chi connectivity index (χ1v) is 11.5. The Morgan fingerprint density at radius 1 is 0.735 bits per heavy atom. The van der Waals surface area contributed by atoms with Crippen LogP contribution in [0.5, 0.6) is 0 Å². The second-order valence-corrected chi connectivity index (χ2v) is 8.21. The molecule has 168 valence electrons. The number of nitrogens with zero attached hydrogens (tertiary/aromatic N) is 2. The molecule has 0 N–H and O–H groups in total. The first-order chi connectivity index (χ1) is 16.7. The fourth-order valence-corrected chi connectivity index (χ4v) is 4.22. The van der Waals surface area contributed by atoms with Crippen molar-refractivity contribution in [2.75, 3.05) is 0 Å². The molecule has 0 saturated carbocycles. The summed E-state index contributed by atoms with van der Waals surface area (Å²) in [5.41, 5.74) is 3.64. The molecule has 0 saturated heterocycles. The van der Waals surface area contributed by atoms with Gasteiger partial charge in [-0.3, -0.25) is 9.36 Å². The van der Waals surface area contributed by atoms with Gasteiger partial charge in [0.1, 0.15) is 11.6 Å². The Bertz CT molecular complexity index is 1340. The summed E-state index contributed by atoms with van der Waals surface area (Å²) < 4.78 is 7.54. The zero-order valence-electron chi connectivity index (χ0n) is 18.7. The topological polar surface area (TPSA) is 61.2 Å². The number of ether oxygens (including phenoxy) is 1. The van der Waals surface area contributed by atoms with E-state index in [4.69, 9.17) is 9.72 Å². The van der Waals surface area contributed by atoms with Gasteiger partial charge in [-0.05, 0) is 49.9 Å². The molecule has 0 atom stereocenters. The molecule has 5 rings (SSSR count). The number of aryl methyl sites for hydroxylation is 1. The van der Waals surface area contributed by atoms with Gasteiger partial charge in [0.15, 0.2) is 0 Å². The van der Waals surface area contributed by atoms with Crippen LogP contribution in [0.2, 0.25) is 0 Å². The molecular formula is C29H24N2O3. The highest BCUT2D eigenvalue weighted by molar-refractivity contribution is 5.99. The maximum absolute atomic E-state index is 13.5. The minimum atomic E-state index is -0.465. The summed E-state index contributed by atoms with van der Waals surface area (Å²) in [5.74, 6) is 0.219. The van der Waals surface area contributed by atoms with Crippen LogP contribution < -0.4 is 0 Å². The normalized spacial score (nSPS) is 13.2. The summed E-state index contributed by atoms with van der Waals surface area (Å²) >= 11 is 0. The van der Waals surface area contributed by atoms with Gasteiger partial charge in [-0.2, -0.15) is 0 Å². The maximum Gasteiger partial charge on any atom is 0.343 e. The molecule has 0 spiro atoms. The zero-order chi connectivity index (χ0) is 23.3. The Labute approximate surface area is 198 Å². The maximum atomic E-state index is 13.5. The molecule has 0 unspecified atom stereocenters. The third-order valence-electron chi connectivity index (χ3n) is 5.91. The molecule has 5 nitrogen and oxygen atoms in total. The van der Waals surface area contributed by atoms with Crippen LogP contribution in [0.25, 0.3) is 11.8 Å². The van der Waals surface area contributed by atoms with E-state index in [0.29, 0.717) is 22.7 Å². The molecule has 0 fully saturated rings. The van der Waals surface area contributed by atoms with Crippen molar-refractivity contribution in [3.63, 3.8) is 0 Å². The van der Waals surface area contributed by atoms with E-state index in [1.54, 1.807) is 47.0 Å². The highest BCUT2D eigenvalue weighted by Crippen LogP contribution is 2.27. The van der Waals surface area contributed by atoms with E-state index < -0.39 is 5.97 Å². The van der Waals surface area contributed by atoms with Gasteiger partial charge >= 0.3 is 5.97 Å². The SMILES string of the molecule is O=C(O/C(=C/c1nc2c(n1C(=O)c1ccccc1)CCCC2)c1ccccc1)c1ccccc1. The van der Waals surface area contributed by atoms with Crippen LogP contribution in [-0.4, -0.2) is 21.4 Å². The average Bonchev–Trinajstić information content (AvgIpc) is 3.27. The Balaban J connectivity index is 1.61. The van der Waals surface area contributed by atoms with E-state index in [-0.39, 0.29) is 5.91 Å². The van der Waals surface area contributed by atoms with E-state index in [0.717, 1.165) is 42.6 Å². The number of esters is 1. The molecule has 3 aromatic carbocycles. The lowest BCUT2D eigenvalue weighted by molar-refractivity contribution is 0.0693. The van der Waals surface area contributed by atoms with Crippen LogP contribution in [0.4, 0.5) is 0 Å². The number of carbonyl (C=O) groups is 2. The quantitative estimate of drug-likeness (QED) is 0.286. The van der Waals surface area contributed by atoms with E-state index >= 15 is 0 Å². The minimum absolute atomic E-state index is 0.135. The summed E-state index contributed by atoms with van der Waals surface area (Å²) in [7, 11) is 0. The van der Waals surface area contributed by atoms with Gasteiger partial charge in [-0.15, -0.1) is 0 Å². The number of rotatable bonds is 5. The molecule has 1 aromatic heterocycles. The molecule has 0 bridgehead atoms. The van der Waals surface area contributed by atoms with Crippen LogP contribution in [0, 0.1) is 0 Å². The van der Waals surface area contributed by atoms with Crippen molar-refractivity contribution in [2.24, 2.45) is 0 Å². The Kier molecular flexibility index (Phi) is 6.17. The third kappa shape index (κ3) is 4.46. The van der Waals surface area contributed by atoms with Crippen molar-refractivity contribution in [3.05, 3.63) is 125 Å². The summed E-state index contributed by atoms with van der Waals surface area (Å²) in [4.78, 5) is 31.3. The Morgan fingerprint density at radius 2 is 1.29 bits per heavy atom. The number of benzene rings is 3. The lowest BCUT2D eigenvalue weighted by Gasteiger charge is -2.14. The average molecular weight is 449 g/mol. The summed E-state index contributed by atoms with van der Waals surface area (Å²) in [6.45, 7) is 0. The van der Waals surface area contributed by atoms with Gasteiger partial charge in [-0.25, -0.2) is 9.78 Å². The van der Waals surface area contributed by atoms with Crippen molar-refractivity contribution in [1.82, 2.24) is 9.55 Å². The summed E-state index contributed by atoms with van der Waals surface area (Å²) in [6, 6.07) is 27.5. The molecule has 0 amide bonds. The van der Waals surface area contributed by atoms with Crippen molar-refractivity contribution >= 4 is 23.7 Å². The lowest BCUT2D eigenvalue weighted by atomic mass is 10.0. The second-order valence-electron chi connectivity index (χ2n) is 8.21. The highest BCUT2D eigenvalue weighted by Gasteiger charge is 2.25. The third-order valence-corrected chi connectivity index (χ3v) is 5.91. The number of fused-ring (bicyclic) bond motifs is 1. The summed E-state index contributed by atoms with van der Waals surface area (Å²) in [5, 5.41) is 0. The van der Waals surface area contributed by atoms with E-state index in [1.807, 2.05) is 54.6 Å². The summed E-state index contributed by atoms with van der Waals surface area (Å²) in [6.07, 6.45) is 5.38. The van der Waals surface area contributed by atoms with Crippen molar-refractivity contribution in [1.29, 1.82) is 0 Å². The van der Waals surface area contributed by atoms with Crippen LogP contribution in [0.3, 0.4) is 0 Å². The zero-order valence-corrected chi connectivity index (χ0v) is 18.7. The van der Waals surface area contributed by atoms with Crippen molar-refractivity contribution in [2.45, 2.75) is 25.7 Å². The van der Waals surface area contributed by atoms with Crippen LogP contribution in [-0.2, 0) is 17.6 Å². The molecule has 34 heavy (non-hydrogen) atoms. The lowest BCUT2D eigenvalue weighted by Crippen LogP contribution is -2.18. The molecule has 1 aliphatic rings. The molecule has 5 heteroatoms. The highest BCUT2D eigenvalue weighted by atomic mass is 16.5. The number of hydrogen-bond acceptors (Lipinski definition) is 4. The number of aromatic nitrogens is 2. The molecule has 0 aliphatic heterocycles. The predicted molar refractivity (Wildman–Crippen MR) is 131 cm³/mol. The van der Waals surface area contributed by atoms with E-state index in [9.17, 15) is 9.59 Å². The molecule has 0 radical (unpaired) electrons. The van der Waals surface area contributed by atoms with Crippen LogP contribution in [0.15, 0.2) is 91.0 Å². The Morgan fingerprint density at radius 3 is 1.94 bits per heavy atom. The smallest absolute Gasteiger partial charge is 0.343 e. The van der Waals surface area contributed by atoms with Gasteiger partial charge in [0.05, 0.1) is 11.3 Å². The molecule has 1 heterocycles. The number of hydrogen-bond donors (Lipinski definition) is 0. The second kappa shape index (κ2) is 9.71. The first kappa shape index (κ1) is 21.6. The van der Waals surface area contributed by atoms with Crippen molar-refractivity contribution in [3.8, 4) is 0 Å². The number of imidazole rings is 1. The van der Waals surface area contributed by atoms with Gasteiger partial charge in [0, 0.05) is 22.9 Å². The van der Waals surface area contributed by atoms with Gasteiger partial charge in [0.25, 0.3) is 5.91 Å². The monoisotopic (exact) mass is 448 g/mol. The fraction of sp³-hybridized carbons (Fsp3) is 0.138. The van der Waals surface area contributed by atoms with Gasteiger partial charge in [0.2, 0.25) is 0 Å². The molecule has 4 aromatic rings. The van der Waals surface area contributed by atoms with Crippen LogP contribution in [0.1, 0.15) is 56.3 Å². The van der Waals surface area contributed by atoms with Gasteiger partial charge in [-0.1, -0.05) is 66.7 Å². The van der Waals surface area contributed by atoms with Gasteiger partial charge < -0.3 is 4.74 Å². The van der Waals surface area contributed by atoms with E-state index in [2.05, 4.69) is 0 Å². The van der Waals surface area contributed by atoms with E-state index in [1.165, 1.54) is 0 Å². The minimum Gasteiger partial charge on any atom is -0.422 e. The van der Waals surface area contributed by atoms with Crippen LogP contribution >= 0.6 is 0 Å². The first-order valence-electron chi connectivity index (χ1n) is 11.5. The fourth-order valence-electron chi connectivity index (χ4n) is 4.22.